The van der Waals surface area contributed by atoms with Gasteiger partial charge in [0.15, 0.2) is 0 Å². The lowest BCUT2D eigenvalue weighted by molar-refractivity contribution is 0.0672. The summed E-state index contributed by atoms with van der Waals surface area (Å²) in [6.45, 7) is 4.86. The molecule has 2 saturated heterocycles. The van der Waals surface area contributed by atoms with Crippen LogP contribution in [-0.4, -0.2) is 29.2 Å². The van der Waals surface area contributed by atoms with Crippen LogP contribution >= 0.6 is 0 Å². The van der Waals surface area contributed by atoms with Gasteiger partial charge in [-0.05, 0) is 26.7 Å². The molecular weight excluding hydrogens is 142 g/mol. The van der Waals surface area contributed by atoms with Crippen molar-refractivity contribution >= 4 is 6.09 Å². The zero-order valence-electron chi connectivity index (χ0n) is 6.96. The minimum absolute atomic E-state index is 0.127. The van der Waals surface area contributed by atoms with Gasteiger partial charge in [-0.15, -0.1) is 0 Å². The summed E-state index contributed by atoms with van der Waals surface area (Å²) in [4.78, 5) is 13.0. The van der Waals surface area contributed by atoms with Gasteiger partial charge < -0.3 is 9.64 Å². The van der Waals surface area contributed by atoms with Gasteiger partial charge in [-0.2, -0.15) is 0 Å². The van der Waals surface area contributed by atoms with E-state index in [2.05, 4.69) is 0 Å². The van der Waals surface area contributed by atoms with Crippen LogP contribution in [0.3, 0.4) is 0 Å². The number of nitrogens with zero attached hydrogens (tertiary/aromatic N) is 1. The van der Waals surface area contributed by atoms with Crippen molar-refractivity contribution in [1.82, 2.24) is 4.90 Å². The van der Waals surface area contributed by atoms with Gasteiger partial charge in [0.25, 0.3) is 0 Å². The molecule has 0 aliphatic carbocycles. The average Bonchev–Trinajstić information content (AvgIpc) is 2.37. The van der Waals surface area contributed by atoms with Gasteiger partial charge in [-0.3, -0.25) is 0 Å². The fraction of sp³-hybridized carbons (Fsp3) is 0.875. The van der Waals surface area contributed by atoms with E-state index in [1.54, 1.807) is 0 Å². The maximum absolute atomic E-state index is 11.2. The van der Waals surface area contributed by atoms with Gasteiger partial charge in [-0.25, -0.2) is 4.79 Å². The fourth-order valence-electron chi connectivity index (χ4n) is 2.06. The molecule has 0 aromatic heterocycles. The Morgan fingerprint density at radius 3 is 3.00 bits per heavy atom. The highest BCUT2D eigenvalue weighted by molar-refractivity contribution is 5.71. The monoisotopic (exact) mass is 155 g/mol. The van der Waals surface area contributed by atoms with Crippen molar-refractivity contribution in [1.29, 1.82) is 0 Å². The molecule has 2 aliphatic rings. The molecule has 0 saturated carbocycles. The van der Waals surface area contributed by atoms with Crippen LogP contribution in [0.2, 0.25) is 0 Å². The molecule has 0 aromatic rings. The molecule has 0 aromatic carbocycles. The van der Waals surface area contributed by atoms with Gasteiger partial charge in [0, 0.05) is 6.54 Å². The molecule has 0 spiro atoms. The second-order valence-corrected chi connectivity index (χ2v) is 3.82. The Bertz CT molecular complexity index is 200. The molecule has 62 valence electrons. The summed E-state index contributed by atoms with van der Waals surface area (Å²) in [6.07, 6.45) is 2.10. The van der Waals surface area contributed by atoms with Gasteiger partial charge in [-0.1, -0.05) is 0 Å². The van der Waals surface area contributed by atoms with Crippen molar-refractivity contribution < 1.29 is 9.53 Å². The summed E-state index contributed by atoms with van der Waals surface area (Å²) >= 11 is 0. The molecule has 3 heteroatoms. The number of fused-ring (bicyclic) bond motifs is 1. The van der Waals surface area contributed by atoms with Crippen molar-refractivity contribution in [3.8, 4) is 0 Å². The predicted molar refractivity (Wildman–Crippen MR) is 40.3 cm³/mol. The first kappa shape index (κ1) is 6.95. The lowest BCUT2D eigenvalue weighted by Crippen LogP contribution is -2.36. The summed E-state index contributed by atoms with van der Waals surface area (Å²) in [5, 5.41) is 0. The van der Waals surface area contributed by atoms with Crippen molar-refractivity contribution in [2.24, 2.45) is 0 Å². The van der Waals surface area contributed by atoms with E-state index in [1.165, 1.54) is 0 Å². The van der Waals surface area contributed by atoms with Gasteiger partial charge in [0.05, 0.1) is 6.04 Å². The van der Waals surface area contributed by atoms with Gasteiger partial charge >= 0.3 is 6.09 Å². The maximum atomic E-state index is 11.2. The zero-order valence-corrected chi connectivity index (χ0v) is 6.96. The quantitative estimate of drug-likeness (QED) is 0.529. The molecular formula is C8H13NO2. The predicted octanol–water partition coefficient (Wildman–Crippen LogP) is 1.38. The highest BCUT2D eigenvalue weighted by Gasteiger charge is 2.49. The van der Waals surface area contributed by atoms with Crippen LogP contribution in [0.15, 0.2) is 0 Å². The Morgan fingerprint density at radius 1 is 1.64 bits per heavy atom. The van der Waals surface area contributed by atoms with Gasteiger partial charge in [0.2, 0.25) is 0 Å². The number of carbonyl (C=O) groups is 1. The number of cyclic esters (lactones) is 1. The molecule has 2 heterocycles. The summed E-state index contributed by atoms with van der Waals surface area (Å²) in [5.74, 6) is 0. The first-order chi connectivity index (χ1) is 5.11. The van der Waals surface area contributed by atoms with E-state index in [4.69, 9.17) is 4.74 Å². The normalized spacial score (nSPS) is 33.8. The van der Waals surface area contributed by atoms with E-state index in [9.17, 15) is 4.79 Å². The highest BCUT2D eigenvalue weighted by Crippen LogP contribution is 2.36. The van der Waals surface area contributed by atoms with Crippen LogP contribution in [0, 0.1) is 0 Å². The van der Waals surface area contributed by atoms with Crippen LogP contribution in [0.5, 0.6) is 0 Å². The minimum Gasteiger partial charge on any atom is -0.441 e. The summed E-state index contributed by atoms with van der Waals surface area (Å²) in [6, 6.07) is 0.329. The van der Waals surface area contributed by atoms with Crippen molar-refractivity contribution in [3.05, 3.63) is 0 Å². The molecule has 0 bridgehead atoms. The molecule has 1 amide bonds. The third-order valence-electron chi connectivity index (χ3n) is 2.64. The largest absolute Gasteiger partial charge is 0.441 e. The second kappa shape index (κ2) is 1.90. The summed E-state index contributed by atoms with van der Waals surface area (Å²) in [7, 11) is 0. The van der Waals surface area contributed by atoms with E-state index in [-0.39, 0.29) is 11.7 Å². The van der Waals surface area contributed by atoms with E-state index in [1.807, 2.05) is 18.7 Å². The summed E-state index contributed by atoms with van der Waals surface area (Å²) < 4.78 is 5.20. The number of hydrogen-bond donors (Lipinski definition) is 0. The Morgan fingerprint density at radius 2 is 2.36 bits per heavy atom. The number of ether oxygens (including phenoxy) is 1. The maximum Gasteiger partial charge on any atom is 0.410 e. The highest BCUT2D eigenvalue weighted by atomic mass is 16.6. The van der Waals surface area contributed by atoms with E-state index in [0.717, 1.165) is 19.4 Å². The number of rotatable bonds is 0. The van der Waals surface area contributed by atoms with Crippen molar-refractivity contribution in [2.45, 2.75) is 38.3 Å². The molecule has 2 aliphatic heterocycles. The van der Waals surface area contributed by atoms with Crippen LogP contribution in [-0.2, 0) is 4.74 Å². The van der Waals surface area contributed by atoms with E-state index < -0.39 is 0 Å². The second-order valence-electron chi connectivity index (χ2n) is 3.82. The Hall–Kier alpha value is -0.730. The third-order valence-corrected chi connectivity index (χ3v) is 2.64. The molecule has 0 N–H and O–H groups in total. The lowest BCUT2D eigenvalue weighted by atomic mass is 9.98. The van der Waals surface area contributed by atoms with Crippen LogP contribution < -0.4 is 0 Å². The molecule has 2 fully saturated rings. The molecule has 0 radical (unpaired) electrons. The van der Waals surface area contributed by atoms with Crippen LogP contribution in [0.1, 0.15) is 26.7 Å². The first-order valence-electron chi connectivity index (χ1n) is 4.11. The zero-order chi connectivity index (χ0) is 8.06. The molecule has 3 nitrogen and oxygen atoms in total. The third kappa shape index (κ3) is 0.832. The fourth-order valence-corrected chi connectivity index (χ4v) is 2.06. The van der Waals surface area contributed by atoms with Crippen molar-refractivity contribution in [3.63, 3.8) is 0 Å². The Kier molecular flexibility index (Phi) is 1.20. The number of hydrogen-bond acceptors (Lipinski definition) is 2. The number of amides is 1. The van der Waals surface area contributed by atoms with E-state index >= 15 is 0 Å². The first-order valence-corrected chi connectivity index (χ1v) is 4.11. The van der Waals surface area contributed by atoms with Crippen LogP contribution in [0.25, 0.3) is 0 Å². The van der Waals surface area contributed by atoms with Gasteiger partial charge in [0.1, 0.15) is 5.60 Å². The molecule has 1 atom stereocenters. The SMILES string of the molecule is CC1(C)OC(=O)N2CCC[C@H]21. The van der Waals surface area contributed by atoms with E-state index in [0.29, 0.717) is 6.04 Å². The lowest BCUT2D eigenvalue weighted by Gasteiger charge is -2.22. The average molecular weight is 155 g/mol. The molecule has 0 unspecified atom stereocenters. The summed E-state index contributed by atoms with van der Waals surface area (Å²) in [5.41, 5.74) is -0.256. The topological polar surface area (TPSA) is 29.5 Å². The minimum atomic E-state index is -0.256. The Labute approximate surface area is 66.3 Å². The number of carbonyl (C=O) groups excluding carboxylic acids is 1. The standard InChI is InChI=1S/C8H13NO2/c1-8(2)6-4-3-5-9(6)7(10)11-8/h6H,3-5H2,1-2H3/t6-/m0/s1. The van der Waals surface area contributed by atoms with Crippen molar-refractivity contribution in [2.75, 3.05) is 6.54 Å². The smallest absolute Gasteiger partial charge is 0.410 e. The molecule has 11 heavy (non-hydrogen) atoms. The Balaban J connectivity index is 2.27. The molecule has 2 rings (SSSR count). The van der Waals surface area contributed by atoms with Crippen LogP contribution in [0.4, 0.5) is 4.79 Å².